The molecule has 2 rings (SSSR count). The summed E-state index contributed by atoms with van der Waals surface area (Å²) in [6.07, 6.45) is 1.45. The van der Waals surface area contributed by atoms with Gasteiger partial charge in [-0.25, -0.2) is 0 Å². The number of amides is 1. The molecule has 1 amide bonds. The van der Waals surface area contributed by atoms with Gasteiger partial charge in [0.05, 0.1) is 13.2 Å². The molecule has 0 aliphatic rings. The summed E-state index contributed by atoms with van der Waals surface area (Å²) in [5.74, 6) is 0.411. The Bertz CT molecular complexity index is 611. The number of anilines is 1. The first-order valence-electron chi connectivity index (χ1n) is 6.50. The molecule has 0 radical (unpaired) electrons. The molecule has 21 heavy (non-hydrogen) atoms. The summed E-state index contributed by atoms with van der Waals surface area (Å²) in [6, 6.07) is 4.62. The first kappa shape index (κ1) is 14.9. The summed E-state index contributed by atoms with van der Waals surface area (Å²) in [7, 11) is 1.55. The summed E-state index contributed by atoms with van der Waals surface area (Å²) in [4.78, 5) is 12.0. The second-order valence-corrected chi connectivity index (χ2v) is 4.90. The number of tetrazole rings is 1. The van der Waals surface area contributed by atoms with E-state index in [0.717, 1.165) is 0 Å². The third-order valence-electron chi connectivity index (χ3n) is 3.06. The van der Waals surface area contributed by atoms with Gasteiger partial charge in [0.25, 0.3) is 0 Å². The van der Waals surface area contributed by atoms with Crippen LogP contribution in [0.4, 0.5) is 5.69 Å². The van der Waals surface area contributed by atoms with Gasteiger partial charge < -0.3 is 15.8 Å². The van der Waals surface area contributed by atoms with Crippen molar-refractivity contribution in [2.24, 2.45) is 11.7 Å². The third-order valence-corrected chi connectivity index (χ3v) is 3.06. The van der Waals surface area contributed by atoms with Gasteiger partial charge in [-0.15, -0.1) is 5.10 Å². The number of nitrogens with two attached hydrogens (primary N) is 1. The molecule has 1 atom stereocenters. The monoisotopic (exact) mass is 290 g/mol. The van der Waals surface area contributed by atoms with Crippen molar-refractivity contribution in [3.63, 3.8) is 0 Å². The third kappa shape index (κ3) is 3.34. The molecule has 0 saturated carbocycles. The molecule has 0 aliphatic carbocycles. The van der Waals surface area contributed by atoms with E-state index in [9.17, 15) is 4.79 Å². The zero-order chi connectivity index (χ0) is 15.4. The van der Waals surface area contributed by atoms with Crippen LogP contribution < -0.4 is 15.8 Å². The molecular formula is C13H18N6O2. The molecular weight excluding hydrogens is 272 g/mol. The van der Waals surface area contributed by atoms with E-state index in [0.29, 0.717) is 17.1 Å². The number of carbonyl (C=O) groups is 1. The van der Waals surface area contributed by atoms with Crippen molar-refractivity contribution in [1.82, 2.24) is 20.2 Å². The Labute approximate surface area is 122 Å². The molecule has 1 heterocycles. The lowest BCUT2D eigenvalue weighted by Gasteiger charge is -2.16. The highest BCUT2D eigenvalue weighted by Gasteiger charge is 2.18. The Balaban J connectivity index is 2.26. The van der Waals surface area contributed by atoms with Crippen molar-refractivity contribution < 1.29 is 9.53 Å². The highest BCUT2D eigenvalue weighted by Crippen LogP contribution is 2.25. The summed E-state index contributed by atoms with van der Waals surface area (Å²) in [5, 5.41) is 13.8. The van der Waals surface area contributed by atoms with E-state index in [1.54, 1.807) is 25.3 Å². The first-order valence-corrected chi connectivity index (χ1v) is 6.50. The zero-order valence-corrected chi connectivity index (χ0v) is 12.1. The molecule has 0 spiro atoms. The fourth-order valence-corrected chi connectivity index (χ4v) is 1.75. The normalized spacial score (nSPS) is 12.2. The van der Waals surface area contributed by atoms with Crippen molar-refractivity contribution in [2.45, 2.75) is 19.9 Å². The van der Waals surface area contributed by atoms with Gasteiger partial charge in [-0.3, -0.25) is 4.79 Å². The van der Waals surface area contributed by atoms with Crippen molar-refractivity contribution in [1.29, 1.82) is 0 Å². The van der Waals surface area contributed by atoms with Gasteiger partial charge in [0.15, 0.2) is 0 Å². The van der Waals surface area contributed by atoms with E-state index in [4.69, 9.17) is 10.5 Å². The second-order valence-electron chi connectivity index (χ2n) is 4.90. The summed E-state index contributed by atoms with van der Waals surface area (Å²) < 4.78 is 6.72. The minimum Gasteiger partial charge on any atom is -0.494 e. The highest BCUT2D eigenvalue weighted by molar-refractivity contribution is 5.95. The van der Waals surface area contributed by atoms with Gasteiger partial charge in [-0.05, 0) is 34.5 Å². The lowest BCUT2D eigenvalue weighted by molar-refractivity contribution is -0.118. The predicted molar refractivity (Wildman–Crippen MR) is 77.1 cm³/mol. The number of aromatic nitrogens is 4. The number of methoxy groups -OCH3 is 1. The van der Waals surface area contributed by atoms with E-state index < -0.39 is 6.04 Å². The maximum absolute atomic E-state index is 12.0. The average Bonchev–Trinajstić information content (AvgIpc) is 3.00. The standard InChI is InChI=1S/C13H18N6O2/c1-8(2)12(14)13(20)16-9-4-5-11(21-3)10(6-9)19-7-15-17-18-19/h4-8,12H,14H2,1-3H3,(H,16,20)/t12-/m0/s1. The van der Waals surface area contributed by atoms with E-state index in [2.05, 4.69) is 20.8 Å². The Hall–Kier alpha value is -2.48. The van der Waals surface area contributed by atoms with Crippen LogP contribution in [0.2, 0.25) is 0 Å². The quantitative estimate of drug-likeness (QED) is 0.834. The smallest absolute Gasteiger partial charge is 0.241 e. The number of rotatable bonds is 5. The van der Waals surface area contributed by atoms with Gasteiger partial charge in [0, 0.05) is 5.69 Å². The summed E-state index contributed by atoms with van der Waals surface area (Å²) >= 11 is 0. The van der Waals surface area contributed by atoms with Crippen LogP contribution in [0.3, 0.4) is 0 Å². The number of carbonyl (C=O) groups excluding carboxylic acids is 1. The lowest BCUT2D eigenvalue weighted by Crippen LogP contribution is -2.39. The van der Waals surface area contributed by atoms with Crippen LogP contribution in [0.1, 0.15) is 13.8 Å². The average molecular weight is 290 g/mol. The van der Waals surface area contributed by atoms with Crippen molar-refractivity contribution in [2.75, 3.05) is 12.4 Å². The number of nitrogens with zero attached hydrogens (tertiary/aromatic N) is 4. The number of nitrogens with one attached hydrogen (secondary N) is 1. The Morgan fingerprint density at radius 2 is 2.19 bits per heavy atom. The predicted octanol–water partition coefficient (Wildman–Crippen LogP) is 0.593. The molecule has 0 saturated heterocycles. The molecule has 1 aromatic heterocycles. The van der Waals surface area contributed by atoms with Crippen LogP contribution in [0, 0.1) is 5.92 Å². The largest absolute Gasteiger partial charge is 0.494 e. The molecule has 2 aromatic rings. The van der Waals surface area contributed by atoms with Gasteiger partial charge >= 0.3 is 0 Å². The van der Waals surface area contributed by atoms with Crippen LogP contribution >= 0.6 is 0 Å². The molecule has 0 bridgehead atoms. The molecule has 3 N–H and O–H groups in total. The van der Waals surface area contributed by atoms with Crippen molar-refractivity contribution >= 4 is 11.6 Å². The van der Waals surface area contributed by atoms with Gasteiger partial charge in [-0.2, -0.15) is 4.68 Å². The Morgan fingerprint density at radius 1 is 1.43 bits per heavy atom. The van der Waals surface area contributed by atoms with Gasteiger partial charge in [0.2, 0.25) is 5.91 Å². The topological polar surface area (TPSA) is 108 Å². The number of hydrogen-bond acceptors (Lipinski definition) is 6. The molecule has 0 aliphatic heterocycles. The Morgan fingerprint density at radius 3 is 2.76 bits per heavy atom. The number of ether oxygens (including phenoxy) is 1. The van der Waals surface area contributed by atoms with Gasteiger partial charge in [0.1, 0.15) is 17.8 Å². The molecule has 0 unspecified atom stereocenters. The maximum Gasteiger partial charge on any atom is 0.241 e. The van der Waals surface area contributed by atoms with Crippen molar-refractivity contribution in [3.05, 3.63) is 24.5 Å². The fraction of sp³-hybridized carbons (Fsp3) is 0.385. The number of hydrogen-bond donors (Lipinski definition) is 2. The van der Waals surface area contributed by atoms with Crippen molar-refractivity contribution in [3.8, 4) is 11.4 Å². The number of benzene rings is 1. The zero-order valence-electron chi connectivity index (χ0n) is 12.1. The molecule has 8 heteroatoms. The fourth-order valence-electron chi connectivity index (χ4n) is 1.75. The van der Waals surface area contributed by atoms with Crippen LogP contribution in [0.25, 0.3) is 5.69 Å². The van der Waals surface area contributed by atoms with Gasteiger partial charge in [-0.1, -0.05) is 13.8 Å². The van der Waals surface area contributed by atoms with Crippen LogP contribution in [-0.4, -0.2) is 39.3 Å². The highest BCUT2D eigenvalue weighted by atomic mass is 16.5. The van der Waals surface area contributed by atoms with E-state index >= 15 is 0 Å². The minimum atomic E-state index is -0.566. The van der Waals surface area contributed by atoms with E-state index in [1.807, 2.05) is 13.8 Å². The minimum absolute atomic E-state index is 0.0576. The molecule has 112 valence electrons. The first-order chi connectivity index (χ1) is 10.0. The van der Waals surface area contributed by atoms with E-state index in [1.165, 1.54) is 11.0 Å². The van der Waals surface area contributed by atoms with Crippen LogP contribution in [0.15, 0.2) is 24.5 Å². The van der Waals surface area contributed by atoms with E-state index in [-0.39, 0.29) is 11.8 Å². The summed E-state index contributed by atoms with van der Waals surface area (Å²) in [6.45, 7) is 3.79. The SMILES string of the molecule is COc1ccc(NC(=O)[C@@H](N)C(C)C)cc1-n1cnnn1. The second kappa shape index (κ2) is 6.31. The molecule has 0 fully saturated rings. The molecule has 1 aromatic carbocycles. The molecule has 8 nitrogen and oxygen atoms in total. The van der Waals surface area contributed by atoms with Crippen LogP contribution in [-0.2, 0) is 4.79 Å². The van der Waals surface area contributed by atoms with Crippen LogP contribution in [0.5, 0.6) is 5.75 Å². The summed E-state index contributed by atoms with van der Waals surface area (Å²) in [5.41, 5.74) is 7.05. The maximum atomic E-state index is 12.0. The lowest BCUT2D eigenvalue weighted by atomic mass is 10.0. The Kier molecular flexibility index (Phi) is 4.49.